The third-order valence-corrected chi connectivity index (χ3v) is 10.9. The molecule has 28 heavy (non-hydrogen) atoms. The predicted molar refractivity (Wildman–Crippen MR) is 118 cm³/mol. The van der Waals surface area contributed by atoms with Crippen LogP contribution in [0.25, 0.3) is 0 Å². The van der Waals surface area contributed by atoms with Crippen LogP contribution in [0, 0.1) is 22.7 Å². The molecule has 1 heterocycles. The molecule has 144 valence electrons. The molecule has 0 unspecified atom stereocenters. The Morgan fingerprint density at radius 3 is 1.57 bits per heavy atom. The molecule has 2 nitrogen and oxygen atoms in total. The first-order valence-corrected chi connectivity index (χ1v) is 14.2. The average molecular weight is 500 g/mol. The van der Waals surface area contributed by atoms with Gasteiger partial charge in [-0.1, -0.05) is 0 Å². The Morgan fingerprint density at radius 2 is 1.21 bits per heavy atom. The zero-order valence-corrected chi connectivity index (χ0v) is 20.1. The number of hydrogen-bond acceptors (Lipinski definition) is 2. The molecule has 0 aromatic heterocycles. The number of nitrogens with zero attached hydrogens (tertiary/aromatic N) is 2. The molecule has 0 radical (unpaired) electrons. The Morgan fingerprint density at radius 1 is 0.786 bits per heavy atom. The first kappa shape index (κ1) is 21.2. The maximum atomic E-state index is 9.98. The number of unbranched alkanes of at least 4 members (excludes halogenated alkanes) is 2. The zero-order valence-electron chi connectivity index (χ0n) is 16.7. The van der Waals surface area contributed by atoms with Gasteiger partial charge < -0.3 is 0 Å². The van der Waals surface area contributed by atoms with Crippen LogP contribution in [0.5, 0.6) is 0 Å². The SMILES string of the molecule is CCCCc1c(C#N)c(C#N)c(CCCC)c2c1[Se]Cc1ccccc1C[Se]2. The van der Waals surface area contributed by atoms with E-state index >= 15 is 0 Å². The van der Waals surface area contributed by atoms with E-state index in [0.717, 1.165) is 49.2 Å². The molecule has 0 bridgehead atoms. The zero-order chi connectivity index (χ0) is 19.9. The molecule has 0 fully saturated rings. The first-order chi connectivity index (χ1) is 13.7. The number of fused-ring (bicyclic) bond motifs is 2. The molecular formula is C24H26N2Se2. The number of rotatable bonds is 6. The molecule has 0 aliphatic carbocycles. The minimum absolute atomic E-state index is 0.317. The molecule has 0 atom stereocenters. The quantitative estimate of drug-likeness (QED) is 0.571. The van der Waals surface area contributed by atoms with Crippen LogP contribution in [-0.2, 0) is 23.5 Å². The Balaban J connectivity index is 2.19. The molecule has 1 aliphatic rings. The maximum absolute atomic E-state index is 9.98. The van der Waals surface area contributed by atoms with E-state index in [1.54, 1.807) is 0 Å². The molecule has 3 rings (SSSR count). The van der Waals surface area contributed by atoms with Crippen LogP contribution >= 0.6 is 0 Å². The van der Waals surface area contributed by atoms with Crippen molar-refractivity contribution in [1.82, 2.24) is 0 Å². The summed E-state index contributed by atoms with van der Waals surface area (Å²) < 4.78 is 2.94. The topological polar surface area (TPSA) is 47.6 Å². The fourth-order valence-electron chi connectivity index (χ4n) is 3.68. The Hall–Kier alpha value is -1.54. The summed E-state index contributed by atoms with van der Waals surface area (Å²) >= 11 is 0.633. The predicted octanol–water partition coefficient (Wildman–Crippen LogP) is 3.49. The molecule has 0 N–H and O–H groups in total. The van der Waals surface area contributed by atoms with E-state index in [2.05, 4.69) is 50.3 Å². The van der Waals surface area contributed by atoms with Crippen molar-refractivity contribution in [2.45, 2.75) is 63.0 Å². The van der Waals surface area contributed by atoms with Crippen molar-refractivity contribution in [3.8, 4) is 12.1 Å². The van der Waals surface area contributed by atoms with Gasteiger partial charge in [-0.15, -0.1) is 0 Å². The van der Waals surface area contributed by atoms with Gasteiger partial charge in [-0.25, -0.2) is 0 Å². The van der Waals surface area contributed by atoms with Gasteiger partial charge >= 0.3 is 182 Å². The van der Waals surface area contributed by atoms with E-state index in [9.17, 15) is 10.5 Å². The third-order valence-electron chi connectivity index (χ3n) is 5.25. The van der Waals surface area contributed by atoms with E-state index in [1.807, 2.05) is 0 Å². The van der Waals surface area contributed by atoms with Crippen molar-refractivity contribution in [3.63, 3.8) is 0 Å². The summed E-state index contributed by atoms with van der Waals surface area (Å²) in [6.45, 7) is 4.39. The summed E-state index contributed by atoms with van der Waals surface area (Å²) in [6, 6.07) is 13.7. The Kier molecular flexibility index (Phi) is 7.79. The number of benzene rings is 2. The molecule has 0 amide bonds. The van der Waals surface area contributed by atoms with Gasteiger partial charge in [0.15, 0.2) is 0 Å². The van der Waals surface area contributed by atoms with Gasteiger partial charge in [0.2, 0.25) is 0 Å². The fourth-order valence-corrected chi connectivity index (χ4v) is 10.1. The summed E-state index contributed by atoms with van der Waals surface area (Å²) in [5.41, 5.74) is 6.75. The van der Waals surface area contributed by atoms with Gasteiger partial charge in [-0.2, -0.15) is 0 Å². The van der Waals surface area contributed by atoms with Crippen molar-refractivity contribution in [2.75, 3.05) is 0 Å². The van der Waals surface area contributed by atoms with Crippen LogP contribution in [0.2, 0.25) is 0 Å². The molecule has 2 aromatic carbocycles. The Labute approximate surface area is 181 Å². The van der Waals surface area contributed by atoms with E-state index in [0.29, 0.717) is 41.0 Å². The summed E-state index contributed by atoms with van der Waals surface area (Å²) in [5, 5.41) is 22.1. The third kappa shape index (κ3) is 4.38. The Bertz CT molecular complexity index is 859. The van der Waals surface area contributed by atoms with E-state index in [-0.39, 0.29) is 0 Å². The van der Waals surface area contributed by atoms with Crippen LogP contribution in [0.3, 0.4) is 0 Å². The first-order valence-electron chi connectivity index (χ1n) is 10.1. The summed E-state index contributed by atoms with van der Waals surface area (Å²) in [5.74, 6) is 0. The summed E-state index contributed by atoms with van der Waals surface area (Å²) in [4.78, 5) is 0. The van der Waals surface area contributed by atoms with E-state index in [4.69, 9.17) is 0 Å². The van der Waals surface area contributed by atoms with Crippen LogP contribution in [0.15, 0.2) is 24.3 Å². The average Bonchev–Trinajstić information content (AvgIpc) is 2.71. The van der Waals surface area contributed by atoms with Gasteiger partial charge in [0.25, 0.3) is 0 Å². The second kappa shape index (κ2) is 10.3. The fraction of sp³-hybridized carbons (Fsp3) is 0.417. The molecule has 0 spiro atoms. The van der Waals surface area contributed by atoms with Crippen molar-refractivity contribution in [1.29, 1.82) is 10.5 Å². The molecule has 0 saturated carbocycles. The monoisotopic (exact) mass is 502 g/mol. The van der Waals surface area contributed by atoms with Crippen LogP contribution in [0.1, 0.15) is 72.9 Å². The van der Waals surface area contributed by atoms with Gasteiger partial charge in [0.05, 0.1) is 0 Å². The number of hydrogen-bond donors (Lipinski definition) is 0. The van der Waals surface area contributed by atoms with Crippen molar-refractivity contribution < 1.29 is 0 Å². The minimum atomic E-state index is 0.317. The van der Waals surface area contributed by atoms with Gasteiger partial charge in [-0.3, -0.25) is 0 Å². The van der Waals surface area contributed by atoms with Crippen LogP contribution < -0.4 is 8.92 Å². The van der Waals surface area contributed by atoms with Crippen molar-refractivity contribution in [3.05, 3.63) is 57.6 Å². The van der Waals surface area contributed by atoms with E-state index < -0.39 is 0 Å². The molecule has 2 aromatic rings. The molecule has 4 heteroatoms. The normalized spacial score (nSPS) is 12.9. The number of nitriles is 2. The van der Waals surface area contributed by atoms with Crippen molar-refractivity contribution >= 4 is 38.8 Å². The molecule has 1 aliphatic heterocycles. The van der Waals surface area contributed by atoms with Crippen LogP contribution in [0.4, 0.5) is 0 Å². The van der Waals surface area contributed by atoms with E-state index in [1.165, 1.54) is 31.2 Å². The second-order valence-corrected chi connectivity index (χ2v) is 11.3. The van der Waals surface area contributed by atoms with Crippen LogP contribution in [-0.4, -0.2) is 29.9 Å². The standard InChI is InChI=1S/C24H26N2Se2/c1-3-5-11-19-21(13-25)22(14-26)20(12-6-4-2)24-23(19)27-15-17-9-7-8-10-18(17)16-28-24/h7-10H,3-6,11-12,15-16H2,1-2H3. The van der Waals surface area contributed by atoms with Gasteiger partial charge in [0, 0.05) is 0 Å². The summed E-state index contributed by atoms with van der Waals surface area (Å²) in [7, 11) is 0. The summed E-state index contributed by atoms with van der Waals surface area (Å²) in [6.07, 6.45) is 6.26. The molecule has 0 saturated heterocycles. The molecular weight excluding hydrogens is 474 g/mol. The second-order valence-electron chi connectivity index (χ2n) is 7.14. The van der Waals surface area contributed by atoms with Gasteiger partial charge in [0.1, 0.15) is 0 Å². The van der Waals surface area contributed by atoms with Gasteiger partial charge in [-0.05, 0) is 0 Å². The van der Waals surface area contributed by atoms with Crippen molar-refractivity contribution in [2.24, 2.45) is 0 Å².